The molecule has 0 fully saturated rings. The maximum atomic E-state index is 11.5. The molecule has 0 bridgehead atoms. The molecule has 0 aliphatic carbocycles. The van der Waals surface area contributed by atoms with Gasteiger partial charge in [0.15, 0.2) is 5.78 Å². The zero-order valence-electron chi connectivity index (χ0n) is 9.24. The number of hydrogen-bond donors (Lipinski definition) is 0. The first kappa shape index (κ1) is 9.90. The minimum Gasteiger partial charge on any atom is -0.293 e. The van der Waals surface area contributed by atoms with Crippen molar-refractivity contribution in [1.82, 2.24) is 9.38 Å². The lowest BCUT2D eigenvalue weighted by atomic mass is 10.2. The Kier molecular flexibility index (Phi) is 2.31. The number of nitrogens with zero attached hydrogens (tertiary/aromatic N) is 2. The molecule has 0 radical (unpaired) electrons. The van der Waals surface area contributed by atoms with Crippen LogP contribution >= 0.6 is 0 Å². The van der Waals surface area contributed by atoms with Crippen LogP contribution in [0.15, 0.2) is 18.2 Å². The van der Waals surface area contributed by atoms with Gasteiger partial charge in [-0.3, -0.25) is 9.20 Å². The van der Waals surface area contributed by atoms with Gasteiger partial charge in [0.2, 0.25) is 0 Å². The highest BCUT2D eigenvalue weighted by molar-refractivity contribution is 5.93. The minimum absolute atomic E-state index is 0.0766. The number of carbonyl (C=O) groups excluding carboxylic acids is 1. The van der Waals surface area contributed by atoms with Gasteiger partial charge in [-0.05, 0) is 19.1 Å². The Hall–Kier alpha value is -1.64. The first-order valence-electron chi connectivity index (χ1n) is 5.13. The van der Waals surface area contributed by atoms with Crippen molar-refractivity contribution in [3.8, 4) is 0 Å². The van der Waals surface area contributed by atoms with E-state index in [1.807, 2.05) is 36.4 Å². The molecule has 0 aromatic carbocycles. The van der Waals surface area contributed by atoms with Crippen molar-refractivity contribution in [3.05, 3.63) is 35.4 Å². The molecule has 78 valence electrons. The normalized spacial score (nSPS) is 10.9. The molecule has 0 N–H and O–H groups in total. The number of ketones is 1. The SMILES string of the molecule is CCc1nc(C)c2cccc(C(C)=O)n12. The second-order valence-electron chi connectivity index (χ2n) is 3.65. The molecular weight excluding hydrogens is 188 g/mol. The van der Waals surface area contributed by atoms with Crippen LogP contribution in [0.4, 0.5) is 0 Å². The van der Waals surface area contributed by atoms with Gasteiger partial charge < -0.3 is 0 Å². The topological polar surface area (TPSA) is 34.4 Å². The number of carbonyl (C=O) groups is 1. The molecule has 0 saturated heterocycles. The van der Waals surface area contributed by atoms with Crippen molar-refractivity contribution in [2.24, 2.45) is 0 Å². The van der Waals surface area contributed by atoms with Crippen LogP contribution in [0.1, 0.15) is 35.9 Å². The Morgan fingerprint density at radius 2 is 2.20 bits per heavy atom. The maximum Gasteiger partial charge on any atom is 0.176 e. The summed E-state index contributed by atoms with van der Waals surface area (Å²) in [7, 11) is 0. The highest BCUT2D eigenvalue weighted by Crippen LogP contribution is 2.16. The van der Waals surface area contributed by atoms with Gasteiger partial charge in [-0.1, -0.05) is 13.0 Å². The lowest BCUT2D eigenvalue weighted by Gasteiger charge is -2.04. The first-order valence-corrected chi connectivity index (χ1v) is 5.13. The fourth-order valence-electron chi connectivity index (χ4n) is 1.88. The van der Waals surface area contributed by atoms with Gasteiger partial charge in [-0.25, -0.2) is 4.98 Å². The van der Waals surface area contributed by atoms with Crippen LogP contribution in [0.3, 0.4) is 0 Å². The molecular formula is C12H14N2O. The van der Waals surface area contributed by atoms with Gasteiger partial charge >= 0.3 is 0 Å². The zero-order valence-corrected chi connectivity index (χ0v) is 9.24. The summed E-state index contributed by atoms with van der Waals surface area (Å²) in [5.74, 6) is 1.03. The summed E-state index contributed by atoms with van der Waals surface area (Å²) < 4.78 is 1.96. The molecule has 0 unspecified atom stereocenters. The molecule has 2 heterocycles. The van der Waals surface area contributed by atoms with Gasteiger partial charge in [0.05, 0.1) is 16.9 Å². The van der Waals surface area contributed by atoms with E-state index in [4.69, 9.17) is 0 Å². The molecule has 2 aromatic heterocycles. The van der Waals surface area contributed by atoms with Crippen LogP contribution in [0.5, 0.6) is 0 Å². The standard InChI is InChI=1S/C12H14N2O/c1-4-12-13-8(2)10-6-5-7-11(9(3)15)14(10)12/h5-7H,4H2,1-3H3. The van der Waals surface area contributed by atoms with E-state index >= 15 is 0 Å². The molecule has 0 spiro atoms. The van der Waals surface area contributed by atoms with E-state index in [2.05, 4.69) is 4.98 Å². The second kappa shape index (κ2) is 3.50. The summed E-state index contributed by atoms with van der Waals surface area (Å²) in [4.78, 5) is 16.0. The summed E-state index contributed by atoms with van der Waals surface area (Å²) in [5.41, 5.74) is 2.72. The van der Waals surface area contributed by atoms with Gasteiger partial charge in [0.25, 0.3) is 0 Å². The molecule has 0 saturated carbocycles. The molecule has 0 aliphatic rings. The number of rotatable bonds is 2. The summed E-state index contributed by atoms with van der Waals surface area (Å²) in [5, 5.41) is 0. The largest absolute Gasteiger partial charge is 0.293 e. The summed E-state index contributed by atoms with van der Waals surface area (Å²) in [6, 6.07) is 5.74. The predicted molar refractivity (Wildman–Crippen MR) is 59.3 cm³/mol. The van der Waals surface area contributed by atoms with Crippen LogP contribution < -0.4 is 0 Å². The van der Waals surface area contributed by atoms with Gasteiger partial charge in [-0.2, -0.15) is 0 Å². The molecule has 2 rings (SSSR count). The first-order chi connectivity index (χ1) is 7.15. The van der Waals surface area contributed by atoms with Crippen molar-refractivity contribution < 1.29 is 4.79 Å². The third-order valence-corrected chi connectivity index (χ3v) is 2.59. The smallest absolute Gasteiger partial charge is 0.176 e. The Morgan fingerprint density at radius 1 is 1.47 bits per heavy atom. The Morgan fingerprint density at radius 3 is 2.80 bits per heavy atom. The fourth-order valence-corrected chi connectivity index (χ4v) is 1.88. The predicted octanol–water partition coefficient (Wildman–Crippen LogP) is 2.41. The number of Topliss-reactive ketones (excluding diaryl/α,β-unsaturated/α-hetero) is 1. The van der Waals surface area contributed by atoms with E-state index in [-0.39, 0.29) is 5.78 Å². The van der Waals surface area contributed by atoms with E-state index < -0.39 is 0 Å². The Labute approximate surface area is 88.8 Å². The second-order valence-corrected chi connectivity index (χ2v) is 3.65. The van der Waals surface area contributed by atoms with Crippen LogP contribution in [-0.2, 0) is 6.42 Å². The van der Waals surface area contributed by atoms with Crippen molar-refractivity contribution in [2.45, 2.75) is 27.2 Å². The number of aryl methyl sites for hydroxylation is 2. The molecule has 2 aromatic rings. The van der Waals surface area contributed by atoms with E-state index in [9.17, 15) is 4.79 Å². The van der Waals surface area contributed by atoms with Gasteiger partial charge in [0.1, 0.15) is 5.82 Å². The van der Waals surface area contributed by atoms with Crippen LogP contribution in [-0.4, -0.2) is 15.2 Å². The van der Waals surface area contributed by atoms with Crippen LogP contribution in [0.25, 0.3) is 5.52 Å². The lowest BCUT2D eigenvalue weighted by Crippen LogP contribution is -2.04. The van der Waals surface area contributed by atoms with Crippen molar-refractivity contribution in [2.75, 3.05) is 0 Å². The highest BCUT2D eigenvalue weighted by atomic mass is 16.1. The minimum atomic E-state index is 0.0766. The van der Waals surface area contributed by atoms with Crippen LogP contribution in [0, 0.1) is 6.92 Å². The van der Waals surface area contributed by atoms with Gasteiger partial charge in [0, 0.05) is 13.3 Å². The number of imidazole rings is 1. The lowest BCUT2D eigenvalue weighted by molar-refractivity contribution is 0.101. The number of pyridine rings is 1. The number of aromatic nitrogens is 2. The quantitative estimate of drug-likeness (QED) is 0.701. The Balaban J connectivity index is 2.88. The van der Waals surface area contributed by atoms with E-state index in [0.717, 1.165) is 23.5 Å². The summed E-state index contributed by atoms with van der Waals surface area (Å²) in [6.07, 6.45) is 0.833. The maximum absolute atomic E-state index is 11.5. The number of fused-ring (bicyclic) bond motifs is 1. The van der Waals surface area contributed by atoms with E-state index in [1.165, 1.54) is 0 Å². The highest BCUT2D eigenvalue weighted by Gasteiger charge is 2.11. The average molecular weight is 202 g/mol. The van der Waals surface area contributed by atoms with E-state index in [1.54, 1.807) is 6.92 Å². The molecule has 0 atom stereocenters. The molecule has 0 aliphatic heterocycles. The molecule has 15 heavy (non-hydrogen) atoms. The summed E-state index contributed by atoms with van der Waals surface area (Å²) >= 11 is 0. The average Bonchev–Trinajstić information content (AvgIpc) is 2.55. The third-order valence-electron chi connectivity index (χ3n) is 2.59. The Bertz CT molecular complexity index is 526. The fraction of sp³-hybridized carbons (Fsp3) is 0.333. The van der Waals surface area contributed by atoms with E-state index in [0.29, 0.717) is 5.69 Å². The van der Waals surface area contributed by atoms with Crippen LogP contribution in [0.2, 0.25) is 0 Å². The third kappa shape index (κ3) is 1.44. The molecule has 3 heteroatoms. The van der Waals surface area contributed by atoms with Crippen molar-refractivity contribution >= 4 is 11.3 Å². The van der Waals surface area contributed by atoms with Crippen molar-refractivity contribution in [3.63, 3.8) is 0 Å². The molecule has 0 amide bonds. The summed E-state index contributed by atoms with van der Waals surface area (Å²) in [6.45, 7) is 5.60. The molecule has 3 nitrogen and oxygen atoms in total. The zero-order chi connectivity index (χ0) is 11.0. The monoisotopic (exact) mass is 202 g/mol. The van der Waals surface area contributed by atoms with Crippen molar-refractivity contribution in [1.29, 1.82) is 0 Å². The number of hydrogen-bond acceptors (Lipinski definition) is 2. The van der Waals surface area contributed by atoms with Gasteiger partial charge in [-0.15, -0.1) is 0 Å².